The molecule has 0 atom stereocenters. The summed E-state index contributed by atoms with van der Waals surface area (Å²) in [5.41, 5.74) is 1.13. The highest BCUT2D eigenvalue weighted by atomic mass is 35.5. The van der Waals surface area contributed by atoms with Crippen LogP contribution in [0.2, 0.25) is 5.02 Å². The Labute approximate surface area is 127 Å². The van der Waals surface area contributed by atoms with Crippen LogP contribution in [0.5, 0.6) is 5.75 Å². The van der Waals surface area contributed by atoms with Crippen molar-refractivity contribution in [1.29, 1.82) is 0 Å². The quantitative estimate of drug-likeness (QED) is 0.787. The maximum absolute atomic E-state index is 13.2. The number of likely N-dealkylation sites (N-methyl/N-ethyl adjacent to an activating group) is 1. The fourth-order valence-electron chi connectivity index (χ4n) is 1.95. The number of halogens is 2. The summed E-state index contributed by atoms with van der Waals surface area (Å²) in [6, 6.07) is 11.0. The molecular weight excluding hydrogens is 293 g/mol. The Morgan fingerprint density at radius 2 is 2.05 bits per heavy atom. The standard InChI is InChI=1S/C16H15ClFNO2/c1-19(13-5-3-4-12(18)9-13)10-15(20)11-6-7-16(21-2)14(17)8-11/h3-9H,10H2,1-2H3. The number of carbonyl (C=O) groups excluding carboxylic acids is 1. The highest BCUT2D eigenvalue weighted by Gasteiger charge is 2.12. The van der Waals surface area contributed by atoms with Crippen LogP contribution in [0, 0.1) is 5.82 Å². The molecule has 2 aromatic carbocycles. The Bertz CT molecular complexity index is 660. The summed E-state index contributed by atoms with van der Waals surface area (Å²) >= 11 is 6.01. The molecule has 0 saturated carbocycles. The number of carbonyl (C=O) groups is 1. The number of nitrogens with zero attached hydrogens (tertiary/aromatic N) is 1. The Kier molecular flexibility index (Phi) is 4.81. The third kappa shape index (κ3) is 3.73. The topological polar surface area (TPSA) is 29.5 Å². The van der Waals surface area contributed by atoms with Gasteiger partial charge in [-0.2, -0.15) is 0 Å². The van der Waals surface area contributed by atoms with Crippen molar-refractivity contribution < 1.29 is 13.9 Å². The maximum Gasteiger partial charge on any atom is 0.182 e. The third-order valence-corrected chi connectivity index (χ3v) is 3.40. The zero-order valence-corrected chi connectivity index (χ0v) is 12.5. The van der Waals surface area contributed by atoms with Crippen molar-refractivity contribution in [1.82, 2.24) is 0 Å². The molecule has 0 spiro atoms. The fraction of sp³-hybridized carbons (Fsp3) is 0.188. The molecule has 21 heavy (non-hydrogen) atoms. The predicted octanol–water partition coefficient (Wildman–Crippen LogP) is 3.81. The van der Waals surface area contributed by atoms with E-state index in [0.717, 1.165) is 0 Å². The molecule has 5 heteroatoms. The van der Waals surface area contributed by atoms with Gasteiger partial charge in [0, 0.05) is 18.3 Å². The second-order valence-electron chi connectivity index (χ2n) is 4.61. The molecule has 3 nitrogen and oxygen atoms in total. The summed E-state index contributed by atoms with van der Waals surface area (Å²) in [6.07, 6.45) is 0. The number of benzene rings is 2. The highest BCUT2D eigenvalue weighted by molar-refractivity contribution is 6.32. The van der Waals surface area contributed by atoms with Gasteiger partial charge in [0.05, 0.1) is 18.7 Å². The summed E-state index contributed by atoms with van der Waals surface area (Å²) in [5, 5.41) is 0.386. The van der Waals surface area contributed by atoms with Crippen LogP contribution in [-0.4, -0.2) is 26.5 Å². The van der Waals surface area contributed by atoms with Gasteiger partial charge in [0.15, 0.2) is 5.78 Å². The van der Waals surface area contributed by atoms with E-state index in [1.165, 1.54) is 19.2 Å². The summed E-state index contributed by atoms with van der Waals surface area (Å²) in [4.78, 5) is 13.9. The average Bonchev–Trinajstić information content (AvgIpc) is 2.47. The van der Waals surface area contributed by atoms with Crippen molar-refractivity contribution in [2.45, 2.75) is 0 Å². The average molecular weight is 308 g/mol. The molecule has 0 N–H and O–H groups in total. The molecule has 0 fully saturated rings. The lowest BCUT2D eigenvalue weighted by Gasteiger charge is -2.18. The van der Waals surface area contributed by atoms with Crippen molar-refractivity contribution in [2.75, 3.05) is 25.6 Å². The smallest absolute Gasteiger partial charge is 0.182 e. The van der Waals surface area contributed by atoms with Crippen LogP contribution < -0.4 is 9.64 Å². The van der Waals surface area contributed by atoms with E-state index in [0.29, 0.717) is 22.0 Å². The van der Waals surface area contributed by atoms with Gasteiger partial charge in [-0.15, -0.1) is 0 Å². The molecule has 110 valence electrons. The molecule has 0 heterocycles. The van der Waals surface area contributed by atoms with E-state index in [9.17, 15) is 9.18 Å². The van der Waals surface area contributed by atoms with E-state index in [1.54, 1.807) is 42.3 Å². The second-order valence-corrected chi connectivity index (χ2v) is 5.02. The van der Waals surface area contributed by atoms with Crippen molar-refractivity contribution in [3.05, 3.63) is 58.9 Å². The van der Waals surface area contributed by atoms with Gasteiger partial charge in [0.2, 0.25) is 0 Å². The zero-order valence-electron chi connectivity index (χ0n) is 11.8. The van der Waals surface area contributed by atoms with Gasteiger partial charge < -0.3 is 9.64 Å². The molecule has 0 saturated heterocycles. The van der Waals surface area contributed by atoms with E-state index < -0.39 is 0 Å². The number of methoxy groups -OCH3 is 1. The van der Waals surface area contributed by atoms with Gasteiger partial charge in [0.25, 0.3) is 0 Å². The fourth-order valence-corrected chi connectivity index (χ4v) is 2.21. The first kappa shape index (κ1) is 15.3. The minimum Gasteiger partial charge on any atom is -0.495 e. The van der Waals surface area contributed by atoms with Crippen molar-refractivity contribution in [3.63, 3.8) is 0 Å². The number of rotatable bonds is 5. The lowest BCUT2D eigenvalue weighted by Crippen LogP contribution is -2.25. The van der Waals surface area contributed by atoms with E-state index >= 15 is 0 Å². The van der Waals surface area contributed by atoms with Crippen LogP contribution in [0.25, 0.3) is 0 Å². The maximum atomic E-state index is 13.2. The zero-order chi connectivity index (χ0) is 15.4. The van der Waals surface area contributed by atoms with Crippen molar-refractivity contribution in [2.24, 2.45) is 0 Å². The van der Waals surface area contributed by atoms with Gasteiger partial charge in [0.1, 0.15) is 11.6 Å². The van der Waals surface area contributed by atoms with Crippen molar-refractivity contribution in [3.8, 4) is 5.75 Å². The first-order valence-corrected chi connectivity index (χ1v) is 6.72. The first-order valence-electron chi connectivity index (χ1n) is 6.34. The molecule has 2 aromatic rings. The molecule has 0 aliphatic rings. The number of Topliss-reactive ketones (excluding diaryl/α,β-unsaturated/α-hetero) is 1. The largest absolute Gasteiger partial charge is 0.495 e. The first-order chi connectivity index (χ1) is 10.0. The Balaban J connectivity index is 2.12. The van der Waals surface area contributed by atoms with Crippen LogP contribution in [0.4, 0.5) is 10.1 Å². The molecule has 0 bridgehead atoms. The number of ether oxygens (including phenoxy) is 1. The van der Waals surface area contributed by atoms with E-state index in [4.69, 9.17) is 16.3 Å². The highest BCUT2D eigenvalue weighted by Crippen LogP contribution is 2.25. The lowest BCUT2D eigenvalue weighted by atomic mass is 10.1. The molecule has 0 aromatic heterocycles. The molecule has 0 aliphatic carbocycles. The lowest BCUT2D eigenvalue weighted by molar-refractivity contribution is 0.100. The molecule has 0 amide bonds. The van der Waals surface area contributed by atoms with Gasteiger partial charge in [-0.25, -0.2) is 4.39 Å². The SMILES string of the molecule is COc1ccc(C(=O)CN(C)c2cccc(F)c2)cc1Cl. The second kappa shape index (κ2) is 6.59. The van der Waals surface area contributed by atoms with E-state index in [1.807, 2.05) is 0 Å². The summed E-state index contributed by atoms with van der Waals surface area (Å²) in [7, 11) is 3.25. The molecule has 0 aliphatic heterocycles. The molecular formula is C16H15ClFNO2. The summed E-state index contributed by atoms with van der Waals surface area (Å²) in [5.74, 6) is 0.0808. The Morgan fingerprint density at radius 3 is 2.67 bits per heavy atom. The van der Waals surface area contributed by atoms with E-state index in [-0.39, 0.29) is 18.1 Å². The minimum absolute atomic E-state index is 0.105. The normalized spacial score (nSPS) is 10.3. The summed E-state index contributed by atoms with van der Waals surface area (Å²) < 4.78 is 18.2. The van der Waals surface area contributed by atoms with Crippen LogP contribution in [0.3, 0.4) is 0 Å². The summed E-state index contributed by atoms with van der Waals surface area (Å²) in [6.45, 7) is 0.131. The minimum atomic E-state index is -0.334. The van der Waals surface area contributed by atoms with Crippen LogP contribution in [0.15, 0.2) is 42.5 Å². The van der Waals surface area contributed by atoms with Gasteiger partial charge in [-0.1, -0.05) is 17.7 Å². The monoisotopic (exact) mass is 307 g/mol. The predicted molar refractivity (Wildman–Crippen MR) is 82.0 cm³/mol. The van der Waals surface area contributed by atoms with Crippen LogP contribution in [-0.2, 0) is 0 Å². The number of hydrogen-bond acceptors (Lipinski definition) is 3. The van der Waals surface area contributed by atoms with Crippen LogP contribution >= 0.6 is 11.6 Å². The molecule has 2 rings (SSSR count). The van der Waals surface area contributed by atoms with E-state index in [2.05, 4.69) is 0 Å². The van der Waals surface area contributed by atoms with Gasteiger partial charge in [-0.05, 0) is 36.4 Å². The molecule has 0 unspecified atom stereocenters. The Morgan fingerprint density at radius 1 is 1.29 bits per heavy atom. The third-order valence-electron chi connectivity index (χ3n) is 3.10. The van der Waals surface area contributed by atoms with Gasteiger partial charge >= 0.3 is 0 Å². The number of hydrogen-bond donors (Lipinski definition) is 0. The number of anilines is 1. The van der Waals surface area contributed by atoms with Gasteiger partial charge in [-0.3, -0.25) is 4.79 Å². The van der Waals surface area contributed by atoms with Crippen molar-refractivity contribution >= 4 is 23.1 Å². The Hall–Kier alpha value is -2.07. The molecule has 0 radical (unpaired) electrons. The van der Waals surface area contributed by atoms with Crippen LogP contribution in [0.1, 0.15) is 10.4 Å². The number of ketones is 1.